The van der Waals surface area contributed by atoms with Gasteiger partial charge >= 0.3 is 0 Å². The molecule has 0 aliphatic carbocycles. The summed E-state index contributed by atoms with van der Waals surface area (Å²) in [5.41, 5.74) is 5.80. The van der Waals surface area contributed by atoms with E-state index in [2.05, 4.69) is 5.32 Å². The molecule has 0 fully saturated rings. The Morgan fingerprint density at radius 1 is 1.35 bits per heavy atom. The molecule has 0 saturated carbocycles. The first-order valence-corrected chi connectivity index (χ1v) is 9.04. The fourth-order valence-electron chi connectivity index (χ4n) is 2.18. The number of primary amides is 1. The van der Waals surface area contributed by atoms with Crippen molar-refractivity contribution in [2.75, 3.05) is 18.5 Å². The van der Waals surface area contributed by atoms with E-state index in [4.69, 9.17) is 27.2 Å². The first kappa shape index (κ1) is 20.7. The molecule has 0 heterocycles. The van der Waals surface area contributed by atoms with Gasteiger partial charge in [0.15, 0.2) is 0 Å². The molecular formula is C17H17ClFIN2O4. The number of hydrogen-bond donors (Lipinski definition) is 4. The number of carbonyl (C=O) groups excluding carboxylic acids is 1. The Morgan fingerprint density at radius 2 is 2.08 bits per heavy atom. The van der Waals surface area contributed by atoms with Crippen LogP contribution >= 0.6 is 34.2 Å². The lowest BCUT2D eigenvalue weighted by Crippen LogP contribution is -2.18. The van der Waals surface area contributed by atoms with Crippen molar-refractivity contribution < 1.29 is 24.1 Å². The monoisotopic (exact) mass is 494 g/mol. The van der Waals surface area contributed by atoms with Crippen LogP contribution < -0.4 is 15.8 Å². The van der Waals surface area contributed by atoms with Gasteiger partial charge in [-0.05, 0) is 52.9 Å². The summed E-state index contributed by atoms with van der Waals surface area (Å²) in [6.45, 7) is -0.375. The molecule has 0 saturated heterocycles. The van der Waals surface area contributed by atoms with Gasteiger partial charge in [-0.1, -0.05) is 11.6 Å². The Bertz CT molecular complexity index is 807. The number of aliphatic hydroxyl groups is 2. The Morgan fingerprint density at radius 3 is 2.69 bits per heavy atom. The summed E-state index contributed by atoms with van der Waals surface area (Å²) in [7, 11) is 0. The van der Waals surface area contributed by atoms with Crippen LogP contribution in [0.5, 0.6) is 5.75 Å². The number of carbonyl (C=O) groups is 1. The van der Waals surface area contributed by atoms with Crippen LogP contribution in [-0.4, -0.2) is 35.4 Å². The topological polar surface area (TPSA) is 105 Å². The first-order chi connectivity index (χ1) is 12.3. The Kier molecular flexibility index (Phi) is 7.44. The second-order valence-electron chi connectivity index (χ2n) is 5.41. The van der Waals surface area contributed by atoms with Gasteiger partial charge in [-0.15, -0.1) is 0 Å². The van der Waals surface area contributed by atoms with Gasteiger partial charge in [0.2, 0.25) is 0 Å². The molecule has 2 aromatic carbocycles. The third-order valence-electron chi connectivity index (χ3n) is 3.43. The largest absolute Gasteiger partial charge is 0.493 e. The zero-order valence-electron chi connectivity index (χ0n) is 13.5. The number of nitrogens with one attached hydrogen (secondary N) is 1. The number of hydrogen-bond acceptors (Lipinski definition) is 5. The van der Waals surface area contributed by atoms with E-state index in [1.54, 1.807) is 6.07 Å². The molecule has 6 nitrogen and oxygen atoms in total. The summed E-state index contributed by atoms with van der Waals surface area (Å²) in [5.74, 6) is -1.18. The van der Waals surface area contributed by atoms with E-state index in [9.17, 15) is 14.3 Å². The Balaban J connectivity index is 2.34. The number of nitrogens with two attached hydrogens (primary N) is 1. The van der Waals surface area contributed by atoms with E-state index in [1.165, 1.54) is 24.3 Å². The molecule has 26 heavy (non-hydrogen) atoms. The zero-order valence-corrected chi connectivity index (χ0v) is 16.4. The van der Waals surface area contributed by atoms with Crippen molar-refractivity contribution in [3.63, 3.8) is 0 Å². The van der Waals surface area contributed by atoms with E-state index < -0.39 is 24.4 Å². The summed E-state index contributed by atoms with van der Waals surface area (Å²) in [6, 6.07) is 7.41. The van der Waals surface area contributed by atoms with Crippen molar-refractivity contribution in [2.24, 2.45) is 5.73 Å². The lowest BCUT2D eigenvalue weighted by molar-refractivity contribution is 0.0751. The van der Waals surface area contributed by atoms with Gasteiger partial charge < -0.3 is 26.0 Å². The number of rotatable bonds is 8. The van der Waals surface area contributed by atoms with E-state index >= 15 is 0 Å². The van der Waals surface area contributed by atoms with Crippen molar-refractivity contribution in [3.8, 4) is 5.75 Å². The summed E-state index contributed by atoms with van der Waals surface area (Å²) < 4.78 is 20.3. The summed E-state index contributed by atoms with van der Waals surface area (Å²) in [6.07, 6.45) is -0.792. The van der Waals surface area contributed by atoms with Crippen LogP contribution in [-0.2, 0) is 0 Å². The van der Waals surface area contributed by atoms with E-state index in [1.807, 2.05) is 22.6 Å². The van der Waals surface area contributed by atoms with Crippen LogP contribution in [0.4, 0.5) is 15.8 Å². The zero-order chi connectivity index (χ0) is 19.3. The molecule has 0 aromatic heterocycles. The Labute approximate surface area is 168 Å². The Hall–Kier alpha value is -1.62. The smallest absolute Gasteiger partial charge is 0.254 e. The maximum absolute atomic E-state index is 14.1. The quantitative estimate of drug-likeness (QED) is 0.422. The predicted molar refractivity (Wildman–Crippen MR) is 106 cm³/mol. The maximum Gasteiger partial charge on any atom is 0.254 e. The minimum absolute atomic E-state index is 0.00541. The summed E-state index contributed by atoms with van der Waals surface area (Å²) in [5, 5.41) is 21.3. The number of benzene rings is 2. The second-order valence-corrected chi connectivity index (χ2v) is 7.10. The van der Waals surface area contributed by atoms with Crippen molar-refractivity contribution in [2.45, 2.75) is 12.5 Å². The SMILES string of the molecule is NC(=O)c1c(Nc2ccc(I)cc2F)cc(Cl)cc1OCCC(O)CO. The van der Waals surface area contributed by atoms with Crippen molar-refractivity contribution in [3.05, 3.63) is 50.3 Å². The highest BCUT2D eigenvalue weighted by molar-refractivity contribution is 14.1. The molecule has 0 spiro atoms. The van der Waals surface area contributed by atoms with E-state index in [0.717, 1.165) is 3.57 Å². The van der Waals surface area contributed by atoms with Gasteiger partial charge in [0.1, 0.15) is 17.1 Å². The molecule has 1 atom stereocenters. The number of aliphatic hydroxyl groups excluding tert-OH is 2. The van der Waals surface area contributed by atoms with Crippen molar-refractivity contribution in [1.29, 1.82) is 0 Å². The third kappa shape index (κ3) is 5.44. The molecule has 0 bridgehead atoms. The third-order valence-corrected chi connectivity index (χ3v) is 4.32. The normalized spacial score (nSPS) is 11.9. The fourth-order valence-corrected chi connectivity index (χ4v) is 2.84. The van der Waals surface area contributed by atoms with Gasteiger partial charge in [-0.2, -0.15) is 0 Å². The summed E-state index contributed by atoms with van der Waals surface area (Å²) >= 11 is 8.05. The number of halogens is 3. The molecule has 2 aromatic rings. The van der Waals surface area contributed by atoms with Gasteiger partial charge in [0.05, 0.1) is 30.7 Å². The molecule has 0 aliphatic rings. The van der Waals surface area contributed by atoms with Gasteiger partial charge in [0, 0.05) is 15.0 Å². The van der Waals surface area contributed by atoms with Gasteiger partial charge in [-0.25, -0.2) is 4.39 Å². The highest BCUT2D eigenvalue weighted by atomic mass is 127. The van der Waals surface area contributed by atoms with Crippen LogP contribution in [0.3, 0.4) is 0 Å². The lowest BCUT2D eigenvalue weighted by Gasteiger charge is -2.17. The molecule has 2 rings (SSSR count). The summed E-state index contributed by atoms with van der Waals surface area (Å²) in [4.78, 5) is 11.9. The number of anilines is 2. The minimum Gasteiger partial charge on any atom is -0.493 e. The molecule has 0 aliphatic heterocycles. The number of amides is 1. The fraction of sp³-hybridized carbons (Fsp3) is 0.235. The van der Waals surface area contributed by atoms with Crippen LogP contribution in [0.2, 0.25) is 5.02 Å². The molecular weight excluding hydrogens is 478 g/mol. The average Bonchev–Trinajstić information content (AvgIpc) is 2.56. The molecule has 140 valence electrons. The molecule has 1 amide bonds. The van der Waals surface area contributed by atoms with Gasteiger partial charge in [0.25, 0.3) is 5.91 Å². The molecule has 5 N–H and O–H groups in total. The first-order valence-electron chi connectivity index (χ1n) is 7.59. The second kappa shape index (κ2) is 9.36. The highest BCUT2D eigenvalue weighted by Crippen LogP contribution is 2.34. The van der Waals surface area contributed by atoms with Crippen LogP contribution in [0.25, 0.3) is 0 Å². The predicted octanol–water partition coefficient (Wildman–Crippen LogP) is 3.05. The molecule has 1 unspecified atom stereocenters. The van der Waals surface area contributed by atoms with E-state index in [0.29, 0.717) is 0 Å². The molecule has 0 radical (unpaired) electrons. The van der Waals surface area contributed by atoms with Crippen LogP contribution in [0.15, 0.2) is 30.3 Å². The highest BCUT2D eigenvalue weighted by Gasteiger charge is 2.18. The number of ether oxygens (including phenoxy) is 1. The van der Waals surface area contributed by atoms with Gasteiger partial charge in [-0.3, -0.25) is 4.79 Å². The van der Waals surface area contributed by atoms with E-state index in [-0.39, 0.29) is 40.7 Å². The van der Waals surface area contributed by atoms with Crippen LogP contribution in [0.1, 0.15) is 16.8 Å². The van der Waals surface area contributed by atoms with Crippen molar-refractivity contribution in [1.82, 2.24) is 0 Å². The standard InChI is InChI=1S/C17H17ClFIN2O4/c18-9-5-14(22-13-2-1-10(20)7-12(13)19)16(17(21)25)15(6-9)26-4-3-11(24)8-23/h1-2,5-7,11,22-24H,3-4,8H2,(H2,21,25). The maximum atomic E-state index is 14.1. The molecule has 9 heteroatoms. The lowest BCUT2D eigenvalue weighted by atomic mass is 10.1. The van der Waals surface area contributed by atoms with Crippen molar-refractivity contribution >= 4 is 51.5 Å². The van der Waals surface area contributed by atoms with Crippen LogP contribution in [0, 0.1) is 9.39 Å². The minimum atomic E-state index is -0.940. The average molecular weight is 495 g/mol.